The number of thiazole rings is 1. The summed E-state index contributed by atoms with van der Waals surface area (Å²) in [6.07, 6.45) is 9.23. The predicted molar refractivity (Wildman–Crippen MR) is 90.2 cm³/mol. The van der Waals surface area contributed by atoms with Crippen molar-refractivity contribution in [1.29, 1.82) is 0 Å². The van der Waals surface area contributed by atoms with E-state index in [0.717, 1.165) is 39.0 Å². The molecule has 2 atom stereocenters. The Kier molecular flexibility index (Phi) is 5.47. The average molecular weight is 321 g/mol. The van der Waals surface area contributed by atoms with E-state index in [1.807, 2.05) is 11.6 Å². The Morgan fingerprint density at radius 2 is 2.00 bits per heavy atom. The van der Waals surface area contributed by atoms with Gasteiger partial charge in [0.25, 0.3) is 0 Å². The van der Waals surface area contributed by atoms with Crippen LogP contribution < -0.4 is 0 Å². The van der Waals surface area contributed by atoms with Gasteiger partial charge >= 0.3 is 0 Å². The van der Waals surface area contributed by atoms with E-state index >= 15 is 0 Å². The number of hydrogen-bond donors (Lipinski definition) is 0. The molecule has 122 valence electrons. The number of carbonyl (C=O) groups is 1. The largest absolute Gasteiger partial charge is 0.341 e. The first-order valence-corrected chi connectivity index (χ1v) is 9.56. The van der Waals surface area contributed by atoms with E-state index in [9.17, 15) is 4.79 Å². The van der Waals surface area contributed by atoms with Gasteiger partial charge < -0.3 is 4.90 Å². The van der Waals surface area contributed by atoms with Crippen LogP contribution in [0, 0.1) is 0 Å². The van der Waals surface area contributed by atoms with Gasteiger partial charge in [-0.05, 0) is 45.7 Å². The summed E-state index contributed by atoms with van der Waals surface area (Å²) in [5.41, 5.74) is 0. The zero-order valence-electron chi connectivity index (χ0n) is 13.5. The normalized spacial score (nSPS) is 25.7. The number of piperidine rings is 1. The van der Waals surface area contributed by atoms with Crippen LogP contribution in [0.3, 0.4) is 0 Å². The first-order chi connectivity index (χ1) is 10.8. The minimum atomic E-state index is 0.0353. The van der Waals surface area contributed by atoms with Crippen LogP contribution in [0.4, 0.5) is 0 Å². The molecule has 2 fully saturated rings. The second-order valence-electron chi connectivity index (χ2n) is 6.62. The van der Waals surface area contributed by atoms with Gasteiger partial charge in [0.05, 0.1) is 11.0 Å². The molecular formula is C17H27N3OS. The van der Waals surface area contributed by atoms with Crippen molar-refractivity contribution in [1.82, 2.24) is 14.8 Å². The summed E-state index contributed by atoms with van der Waals surface area (Å²) in [6.45, 7) is 6.03. The Morgan fingerprint density at radius 3 is 2.68 bits per heavy atom. The smallest absolute Gasteiger partial charge is 0.239 e. The zero-order chi connectivity index (χ0) is 15.4. The Morgan fingerprint density at radius 1 is 1.23 bits per heavy atom. The van der Waals surface area contributed by atoms with Gasteiger partial charge in [0.2, 0.25) is 5.91 Å². The molecule has 1 aromatic heterocycles. The molecule has 4 nitrogen and oxygen atoms in total. The molecule has 1 amide bonds. The summed E-state index contributed by atoms with van der Waals surface area (Å²) in [7, 11) is 0. The van der Waals surface area contributed by atoms with Gasteiger partial charge in [-0.25, -0.2) is 4.98 Å². The number of amides is 1. The molecule has 2 aliphatic heterocycles. The van der Waals surface area contributed by atoms with E-state index in [-0.39, 0.29) is 6.04 Å². The second-order valence-corrected chi connectivity index (χ2v) is 7.55. The third kappa shape index (κ3) is 3.69. The van der Waals surface area contributed by atoms with Gasteiger partial charge in [-0.2, -0.15) is 0 Å². The standard InChI is InChI=1S/C17H27N3OS/c1-14(19-9-4-2-3-5-10-19)17(21)20-11-6-7-15(13-20)16-18-8-12-22-16/h8,12,14-15H,2-7,9-11,13H2,1H3/t14-,15-/m0/s1. The maximum Gasteiger partial charge on any atom is 0.239 e. The zero-order valence-corrected chi connectivity index (χ0v) is 14.4. The Hall–Kier alpha value is -0.940. The molecule has 0 aliphatic carbocycles. The van der Waals surface area contributed by atoms with Crippen LogP contribution in [-0.4, -0.2) is 52.9 Å². The van der Waals surface area contributed by atoms with Crippen molar-refractivity contribution in [2.24, 2.45) is 0 Å². The first kappa shape index (κ1) is 15.9. The van der Waals surface area contributed by atoms with Crippen molar-refractivity contribution in [3.63, 3.8) is 0 Å². The van der Waals surface area contributed by atoms with Gasteiger partial charge in [-0.3, -0.25) is 9.69 Å². The van der Waals surface area contributed by atoms with E-state index in [1.54, 1.807) is 11.3 Å². The van der Waals surface area contributed by atoms with Gasteiger partial charge in [0.1, 0.15) is 0 Å². The summed E-state index contributed by atoms with van der Waals surface area (Å²) in [5.74, 6) is 0.761. The topological polar surface area (TPSA) is 36.4 Å². The van der Waals surface area contributed by atoms with E-state index < -0.39 is 0 Å². The molecule has 0 bridgehead atoms. The highest BCUT2D eigenvalue weighted by Crippen LogP contribution is 2.28. The Balaban J connectivity index is 1.60. The van der Waals surface area contributed by atoms with Crippen molar-refractivity contribution >= 4 is 17.2 Å². The second kappa shape index (κ2) is 7.55. The van der Waals surface area contributed by atoms with Gasteiger partial charge in [-0.15, -0.1) is 11.3 Å². The number of nitrogens with zero attached hydrogens (tertiary/aromatic N) is 3. The van der Waals surface area contributed by atoms with Gasteiger partial charge in [0.15, 0.2) is 0 Å². The fraction of sp³-hybridized carbons (Fsp3) is 0.765. The van der Waals surface area contributed by atoms with Crippen molar-refractivity contribution in [3.8, 4) is 0 Å². The lowest BCUT2D eigenvalue weighted by Crippen LogP contribution is -2.50. The number of aromatic nitrogens is 1. The minimum absolute atomic E-state index is 0.0353. The molecule has 0 unspecified atom stereocenters. The molecule has 1 aromatic rings. The summed E-state index contributed by atoms with van der Waals surface area (Å²) in [4.78, 5) is 21.8. The summed E-state index contributed by atoms with van der Waals surface area (Å²) < 4.78 is 0. The van der Waals surface area contributed by atoms with E-state index in [4.69, 9.17) is 0 Å². The quantitative estimate of drug-likeness (QED) is 0.858. The van der Waals surface area contributed by atoms with Crippen LogP contribution in [0.2, 0.25) is 0 Å². The lowest BCUT2D eigenvalue weighted by Gasteiger charge is -2.36. The van der Waals surface area contributed by atoms with Crippen LogP contribution >= 0.6 is 11.3 Å². The third-order valence-electron chi connectivity index (χ3n) is 5.08. The van der Waals surface area contributed by atoms with E-state index in [2.05, 4.69) is 21.7 Å². The predicted octanol–water partition coefficient (Wildman–Crippen LogP) is 3.11. The molecule has 2 aliphatic rings. The summed E-state index contributed by atoms with van der Waals surface area (Å²) >= 11 is 1.72. The number of carbonyl (C=O) groups excluding carboxylic acids is 1. The van der Waals surface area contributed by atoms with Crippen molar-refractivity contribution in [3.05, 3.63) is 16.6 Å². The van der Waals surface area contributed by atoms with Crippen LogP contribution in [0.5, 0.6) is 0 Å². The molecule has 5 heteroatoms. The van der Waals surface area contributed by atoms with Crippen LogP contribution in [0.25, 0.3) is 0 Å². The molecular weight excluding hydrogens is 294 g/mol. The highest BCUT2D eigenvalue weighted by atomic mass is 32.1. The minimum Gasteiger partial charge on any atom is -0.341 e. The fourth-order valence-corrected chi connectivity index (χ4v) is 4.49. The molecule has 0 saturated carbocycles. The SMILES string of the molecule is C[C@@H](C(=O)N1CCC[C@H](c2nccs2)C1)N1CCCCCC1. The number of hydrogen-bond acceptors (Lipinski definition) is 4. The molecule has 3 rings (SSSR count). The molecule has 2 saturated heterocycles. The third-order valence-corrected chi connectivity index (χ3v) is 6.02. The summed E-state index contributed by atoms with van der Waals surface area (Å²) in [6, 6.07) is 0.0353. The van der Waals surface area contributed by atoms with Gasteiger partial charge in [-0.1, -0.05) is 12.8 Å². The van der Waals surface area contributed by atoms with Gasteiger partial charge in [0, 0.05) is 30.6 Å². The Bertz CT molecular complexity index is 468. The van der Waals surface area contributed by atoms with Crippen LogP contribution in [0.15, 0.2) is 11.6 Å². The molecule has 0 spiro atoms. The number of rotatable bonds is 3. The molecule has 3 heterocycles. The van der Waals surface area contributed by atoms with Crippen molar-refractivity contribution in [2.75, 3.05) is 26.2 Å². The highest BCUT2D eigenvalue weighted by molar-refractivity contribution is 7.09. The van der Waals surface area contributed by atoms with E-state index in [1.165, 1.54) is 30.7 Å². The number of likely N-dealkylation sites (tertiary alicyclic amines) is 2. The van der Waals surface area contributed by atoms with Crippen molar-refractivity contribution in [2.45, 2.75) is 57.4 Å². The van der Waals surface area contributed by atoms with Crippen LogP contribution in [0.1, 0.15) is 56.4 Å². The maximum atomic E-state index is 12.9. The molecule has 22 heavy (non-hydrogen) atoms. The van der Waals surface area contributed by atoms with Crippen LogP contribution in [-0.2, 0) is 4.79 Å². The average Bonchev–Trinajstić information content (AvgIpc) is 2.96. The summed E-state index contributed by atoms with van der Waals surface area (Å²) in [5, 5.41) is 3.23. The highest BCUT2D eigenvalue weighted by Gasteiger charge is 2.31. The first-order valence-electron chi connectivity index (χ1n) is 8.68. The lowest BCUT2D eigenvalue weighted by atomic mass is 9.98. The molecule has 0 radical (unpaired) electrons. The molecule has 0 N–H and O–H groups in total. The van der Waals surface area contributed by atoms with Crippen molar-refractivity contribution < 1.29 is 4.79 Å². The maximum absolute atomic E-state index is 12.9. The fourth-order valence-electron chi connectivity index (χ4n) is 3.72. The molecule has 0 aromatic carbocycles. The van der Waals surface area contributed by atoms with E-state index in [0.29, 0.717) is 11.8 Å². The lowest BCUT2D eigenvalue weighted by molar-refractivity contribution is -0.137. The Labute approximate surface area is 137 Å². The monoisotopic (exact) mass is 321 g/mol.